The molecule has 1 N–H and O–H groups in total. The minimum absolute atomic E-state index is 0.421. The van der Waals surface area contributed by atoms with Crippen LogP contribution in [-0.2, 0) is 12.7 Å². The molecule has 0 saturated carbocycles. The van der Waals surface area contributed by atoms with E-state index < -0.39 is 11.7 Å². The molecule has 0 atom stereocenters. The molecule has 0 heterocycles. The van der Waals surface area contributed by atoms with Crippen molar-refractivity contribution < 1.29 is 17.9 Å². The molecule has 0 unspecified atom stereocenters. The Bertz CT molecular complexity index is 611. The normalized spacial score (nSPS) is 11.3. The number of methoxy groups -OCH3 is 1. The first kappa shape index (κ1) is 15.7. The first-order valence-corrected chi connectivity index (χ1v) is 6.93. The van der Waals surface area contributed by atoms with Gasteiger partial charge in [0, 0.05) is 17.1 Å². The van der Waals surface area contributed by atoms with Crippen LogP contribution in [0.1, 0.15) is 11.1 Å². The molecule has 0 aliphatic heterocycles. The maximum atomic E-state index is 12.5. The predicted octanol–water partition coefficient (Wildman–Crippen LogP) is 5.09. The van der Waals surface area contributed by atoms with E-state index in [9.17, 15) is 13.2 Å². The molecular formula is C15H13BrF3NO. The molecule has 0 saturated heterocycles. The molecule has 2 aromatic carbocycles. The largest absolute Gasteiger partial charge is 0.497 e. The van der Waals surface area contributed by atoms with E-state index in [0.29, 0.717) is 12.3 Å². The van der Waals surface area contributed by atoms with E-state index in [1.807, 2.05) is 18.2 Å². The summed E-state index contributed by atoms with van der Waals surface area (Å²) in [6, 6.07) is 10.6. The van der Waals surface area contributed by atoms with E-state index in [2.05, 4.69) is 21.2 Å². The molecule has 0 radical (unpaired) electrons. The lowest BCUT2D eigenvalue weighted by atomic mass is 10.1. The van der Waals surface area contributed by atoms with Crippen molar-refractivity contribution in [1.29, 1.82) is 0 Å². The molecule has 112 valence electrons. The molecule has 21 heavy (non-hydrogen) atoms. The number of nitrogens with one attached hydrogen (secondary N) is 1. The zero-order valence-electron chi connectivity index (χ0n) is 11.2. The summed E-state index contributed by atoms with van der Waals surface area (Å²) < 4.78 is 43.4. The summed E-state index contributed by atoms with van der Waals surface area (Å²) in [7, 11) is 1.57. The summed E-state index contributed by atoms with van der Waals surface area (Å²) >= 11 is 3.40. The van der Waals surface area contributed by atoms with Gasteiger partial charge in [-0.25, -0.2) is 0 Å². The molecule has 2 aromatic rings. The fourth-order valence-corrected chi connectivity index (χ4v) is 2.16. The number of alkyl halides is 3. The van der Waals surface area contributed by atoms with E-state index in [0.717, 1.165) is 27.9 Å². The van der Waals surface area contributed by atoms with Crippen LogP contribution in [-0.4, -0.2) is 7.11 Å². The van der Waals surface area contributed by atoms with Crippen LogP contribution in [0.5, 0.6) is 5.75 Å². The predicted molar refractivity (Wildman–Crippen MR) is 79.5 cm³/mol. The Hall–Kier alpha value is -1.69. The van der Waals surface area contributed by atoms with Gasteiger partial charge >= 0.3 is 6.18 Å². The molecular weight excluding hydrogens is 347 g/mol. The highest BCUT2D eigenvalue weighted by atomic mass is 79.9. The number of rotatable bonds is 4. The summed E-state index contributed by atoms with van der Waals surface area (Å²) in [5.41, 5.74) is 0.931. The molecule has 2 rings (SSSR count). The standard InChI is InChI=1S/C15H13BrF3NO/c1-21-12-6-7-13(16)14(8-12)20-9-10-2-4-11(5-3-10)15(17,18)19/h2-8,20H,9H2,1H3. The Balaban J connectivity index is 2.06. The van der Waals surface area contributed by atoms with Crippen molar-refractivity contribution in [2.24, 2.45) is 0 Å². The second-order valence-electron chi connectivity index (χ2n) is 4.39. The fraction of sp³-hybridized carbons (Fsp3) is 0.200. The summed E-state index contributed by atoms with van der Waals surface area (Å²) in [6.07, 6.45) is -4.30. The first-order chi connectivity index (χ1) is 9.90. The van der Waals surface area contributed by atoms with Gasteiger partial charge in [0.05, 0.1) is 18.4 Å². The van der Waals surface area contributed by atoms with Gasteiger partial charge in [-0.1, -0.05) is 12.1 Å². The number of hydrogen-bond donors (Lipinski definition) is 1. The lowest BCUT2D eigenvalue weighted by molar-refractivity contribution is -0.137. The van der Waals surface area contributed by atoms with Crippen molar-refractivity contribution in [3.63, 3.8) is 0 Å². The van der Waals surface area contributed by atoms with Gasteiger partial charge < -0.3 is 10.1 Å². The monoisotopic (exact) mass is 359 g/mol. The number of halogens is 4. The second kappa shape index (κ2) is 6.39. The highest BCUT2D eigenvalue weighted by Gasteiger charge is 2.29. The third-order valence-electron chi connectivity index (χ3n) is 2.94. The third kappa shape index (κ3) is 4.14. The molecule has 0 aliphatic rings. The summed E-state index contributed by atoms with van der Waals surface area (Å²) in [4.78, 5) is 0. The second-order valence-corrected chi connectivity index (χ2v) is 5.25. The average molecular weight is 360 g/mol. The van der Waals surface area contributed by atoms with Crippen LogP contribution in [0.25, 0.3) is 0 Å². The number of hydrogen-bond acceptors (Lipinski definition) is 2. The zero-order valence-corrected chi connectivity index (χ0v) is 12.8. The topological polar surface area (TPSA) is 21.3 Å². The molecule has 2 nitrogen and oxygen atoms in total. The first-order valence-electron chi connectivity index (χ1n) is 6.13. The highest BCUT2D eigenvalue weighted by Crippen LogP contribution is 2.30. The zero-order chi connectivity index (χ0) is 15.5. The average Bonchev–Trinajstić information content (AvgIpc) is 2.46. The number of ether oxygens (including phenoxy) is 1. The molecule has 6 heteroatoms. The van der Waals surface area contributed by atoms with Crippen LogP contribution < -0.4 is 10.1 Å². The Kier molecular flexibility index (Phi) is 4.77. The maximum Gasteiger partial charge on any atom is 0.416 e. The lowest BCUT2D eigenvalue weighted by Gasteiger charge is -2.11. The Morgan fingerprint density at radius 2 is 1.76 bits per heavy atom. The van der Waals surface area contributed by atoms with Gasteiger partial charge in [0.15, 0.2) is 0 Å². The SMILES string of the molecule is COc1ccc(Br)c(NCc2ccc(C(F)(F)F)cc2)c1. The van der Waals surface area contributed by atoms with Gasteiger partial charge in [-0.05, 0) is 45.8 Å². The van der Waals surface area contributed by atoms with E-state index in [1.54, 1.807) is 7.11 Å². The van der Waals surface area contributed by atoms with Crippen LogP contribution in [0.3, 0.4) is 0 Å². The lowest BCUT2D eigenvalue weighted by Crippen LogP contribution is -2.05. The van der Waals surface area contributed by atoms with E-state index in [-0.39, 0.29) is 0 Å². The van der Waals surface area contributed by atoms with Gasteiger partial charge in [0.25, 0.3) is 0 Å². The van der Waals surface area contributed by atoms with Crippen LogP contribution in [0.2, 0.25) is 0 Å². The van der Waals surface area contributed by atoms with E-state index >= 15 is 0 Å². The molecule has 0 amide bonds. The van der Waals surface area contributed by atoms with Crippen molar-refractivity contribution in [3.05, 3.63) is 58.1 Å². The van der Waals surface area contributed by atoms with Crippen LogP contribution in [0.4, 0.5) is 18.9 Å². The summed E-state index contributed by atoms with van der Waals surface area (Å²) in [5, 5.41) is 3.15. The maximum absolute atomic E-state index is 12.5. The molecule has 0 bridgehead atoms. The smallest absolute Gasteiger partial charge is 0.416 e. The summed E-state index contributed by atoms with van der Waals surface area (Å²) in [5.74, 6) is 0.702. The van der Waals surface area contributed by atoms with Crippen LogP contribution in [0.15, 0.2) is 46.9 Å². The highest BCUT2D eigenvalue weighted by molar-refractivity contribution is 9.10. The minimum atomic E-state index is -4.30. The molecule has 0 aliphatic carbocycles. The third-order valence-corrected chi connectivity index (χ3v) is 3.63. The van der Waals surface area contributed by atoms with Gasteiger partial charge in [-0.15, -0.1) is 0 Å². The summed E-state index contributed by atoms with van der Waals surface area (Å²) in [6.45, 7) is 0.421. The Labute approximate surface area is 129 Å². The molecule has 0 fully saturated rings. The van der Waals surface area contributed by atoms with E-state index in [1.165, 1.54) is 12.1 Å². The van der Waals surface area contributed by atoms with E-state index in [4.69, 9.17) is 4.74 Å². The Morgan fingerprint density at radius 1 is 1.10 bits per heavy atom. The number of anilines is 1. The Morgan fingerprint density at radius 3 is 2.33 bits per heavy atom. The van der Waals surface area contributed by atoms with Crippen molar-refractivity contribution in [3.8, 4) is 5.75 Å². The van der Waals surface area contributed by atoms with Crippen molar-refractivity contribution >= 4 is 21.6 Å². The number of benzene rings is 2. The van der Waals surface area contributed by atoms with Crippen molar-refractivity contribution in [1.82, 2.24) is 0 Å². The van der Waals surface area contributed by atoms with Gasteiger partial charge in [0.2, 0.25) is 0 Å². The van der Waals surface area contributed by atoms with Gasteiger partial charge in [-0.3, -0.25) is 0 Å². The minimum Gasteiger partial charge on any atom is -0.497 e. The molecule has 0 spiro atoms. The van der Waals surface area contributed by atoms with Gasteiger partial charge in [-0.2, -0.15) is 13.2 Å². The van der Waals surface area contributed by atoms with Crippen LogP contribution >= 0.6 is 15.9 Å². The van der Waals surface area contributed by atoms with Gasteiger partial charge in [0.1, 0.15) is 5.75 Å². The quantitative estimate of drug-likeness (QED) is 0.820. The van der Waals surface area contributed by atoms with Crippen molar-refractivity contribution in [2.75, 3.05) is 12.4 Å². The van der Waals surface area contributed by atoms with Crippen LogP contribution in [0, 0.1) is 0 Å². The van der Waals surface area contributed by atoms with Crippen molar-refractivity contribution in [2.45, 2.75) is 12.7 Å². The molecule has 0 aromatic heterocycles. The fourth-order valence-electron chi connectivity index (χ4n) is 1.78.